The number of hydrogen-bond donors (Lipinski definition) is 9. The lowest BCUT2D eigenvalue weighted by atomic mass is 9.99. The molecule has 0 fully saturated rings. The van der Waals surface area contributed by atoms with Crippen LogP contribution in [0, 0.1) is 5.92 Å². The number of nitrogens with one attached hydrogen (secondary N) is 6. The van der Waals surface area contributed by atoms with Crippen LogP contribution in [0.5, 0.6) is 0 Å². The molecule has 15 nitrogen and oxygen atoms in total. The fourth-order valence-corrected chi connectivity index (χ4v) is 7.42. The summed E-state index contributed by atoms with van der Waals surface area (Å²) in [5.41, 5.74) is 15.1. The zero-order valence-electron chi connectivity index (χ0n) is 35.2. The maximum Gasteiger partial charge on any atom is 0.305 e. The van der Waals surface area contributed by atoms with Crippen LogP contribution >= 0.6 is 0 Å². The van der Waals surface area contributed by atoms with Crippen LogP contribution in [0.2, 0.25) is 0 Å². The fraction of sp³-hybridized carbons (Fsp3) is 0.362. The van der Waals surface area contributed by atoms with Crippen LogP contribution < -0.4 is 38.1 Å². The van der Waals surface area contributed by atoms with Crippen molar-refractivity contribution in [2.24, 2.45) is 17.4 Å². The molecule has 4 aromatic carbocycles. The number of carboxylic acids is 1. The number of primary amides is 1. The zero-order valence-corrected chi connectivity index (χ0v) is 35.2. The van der Waals surface area contributed by atoms with Gasteiger partial charge in [0, 0.05) is 55.5 Å². The molecule has 5 amide bonds. The van der Waals surface area contributed by atoms with Crippen LogP contribution in [-0.2, 0) is 48.0 Å². The number of para-hydroxylation sites is 1. The summed E-state index contributed by atoms with van der Waals surface area (Å²) in [7, 11) is 0. The second kappa shape index (κ2) is 22.9. The minimum absolute atomic E-state index is 0.0172. The number of carbonyl (C=O) groups excluding carboxylic acids is 5. The Morgan fingerprint density at radius 3 is 1.98 bits per heavy atom. The van der Waals surface area contributed by atoms with E-state index in [1.54, 1.807) is 30.5 Å². The van der Waals surface area contributed by atoms with E-state index in [2.05, 4.69) is 45.4 Å². The van der Waals surface area contributed by atoms with Gasteiger partial charge in [0.15, 0.2) is 0 Å². The van der Waals surface area contributed by atoms with E-state index in [0.29, 0.717) is 18.0 Å². The first-order valence-electron chi connectivity index (χ1n) is 21.0. The van der Waals surface area contributed by atoms with E-state index in [0.717, 1.165) is 39.2 Å². The van der Waals surface area contributed by atoms with Crippen LogP contribution in [-0.4, -0.2) is 88.9 Å². The van der Waals surface area contributed by atoms with Crippen molar-refractivity contribution in [2.75, 3.05) is 13.1 Å². The van der Waals surface area contributed by atoms with Crippen LogP contribution in [0.3, 0.4) is 0 Å². The highest BCUT2D eigenvalue weighted by atomic mass is 16.4. The number of aliphatic carboxylic acids is 1. The highest BCUT2D eigenvalue weighted by Gasteiger charge is 2.32. The summed E-state index contributed by atoms with van der Waals surface area (Å²) < 4.78 is 0. The van der Waals surface area contributed by atoms with E-state index in [9.17, 15) is 28.8 Å². The number of aromatic nitrogens is 1. The minimum Gasteiger partial charge on any atom is -0.481 e. The summed E-state index contributed by atoms with van der Waals surface area (Å²) in [6.07, 6.45) is 2.05. The first-order valence-corrected chi connectivity index (χ1v) is 21.0. The summed E-state index contributed by atoms with van der Waals surface area (Å²) in [4.78, 5) is 83.0. The van der Waals surface area contributed by atoms with Crippen molar-refractivity contribution in [2.45, 2.75) is 89.0 Å². The van der Waals surface area contributed by atoms with Crippen molar-refractivity contribution in [3.05, 3.63) is 120 Å². The lowest BCUT2D eigenvalue weighted by Gasteiger charge is -2.27. The summed E-state index contributed by atoms with van der Waals surface area (Å²) in [6.45, 7) is 4.29. The molecule has 328 valence electrons. The molecule has 0 bridgehead atoms. The molecule has 0 aliphatic heterocycles. The highest BCUT2D eigenvalue weighted by molar-refractivity contribution is 5.96. The van der Waals surface area contributed by atoms with E-state index in [1.807, 2.05) is 72.8 Å². The molecule has 0 aliphatic rings. The maximum atomic E-state index is 14.4. The van der Waals surface area contributed by atoms with Crippen LogP contribution in [0.4, 0.5) is 0 Å². The molecule has 0 radical (unpaired) electrons. The molecule has 0 saturated carbocycles. The van der Waals surface area contributed by atoms with Gasteiger partial charge in [0.2, 0.25) is 29.5 Å². The molecule has 1 aromatic heterocycles. The van der Waals surface area contributed by atoms with Crippen LogP contribution in [0.15, 0.2) is 103 Å². The summed E-state index contributed by atoms with van der Waals surface area (Å²) in [6, 6.07) is 25.5. The molecule has 1 heterocycles. The molecule has 5 atom stereocenters. The molecular formula is C47H58N8O7. The first kappa shape index (κ1) is 46.5. The van der Waals surface area contributed by atoms with Crippen molar-refractivity contribution in [3.8, 4) is 0 Å². The van der Waals surface area contributed by atoms with Crippen molar-refractivity contribution >= 4 is 57.2 Å². The molecular weight excluding hydrogens is 789 g/mol. The van der Waals surface area contributed by atoms with Gasteiger partial charge >= 0.3 is 5.97 Å². The molecule has 5 aromatic rings. The molecule has 62 heavy (non-hydrogen) atoms. The Labute approximate surface area is 361 Å². The highest BCUT2D eigenvalue weighted by Crippen LogP contribution is 2.20. The number of fused-ring (bicyclic) bond motifs is 2. The molecule has 15 heteroatoms. The number of aromatic amines is 1. The number of carboxylic acid groups (broad SMARTS) is 1. The number of amides is 5. The fourth-order valence-electron chi connectivity index (χ4n) is 7.42. The summed E-state index contributed by atoms with van der Waals surface area (Å²) in [5, 5.41) is 26.4. The van der Waals surface area contributed by atoms with Gasteiger partial charge in [0.25, 0.3) is 0 Å². The SMILES string of the molecule is CC(C)C[C@H](N)CN[C@@H](Cc1ccc2ccccc2c1)C(=O)N[C@@H](CCC(N)=O)C(=O)N[C@@H](Cc1c[nH]c2ccccc12)C(=O)N[C@@H](Cc1ccccc1)C(=O)NCCC(=O)O. The monoisotopic (exact) mass is 846 g/mol. The predicted octanol–water partition coefficient (Wildman–Crippen LogP) is 2.99. The number of benzene rings is 4. The smallest absolute Gasteiger partial charge is 0.305 e. The molecule has 0 spiro atoms. The Morgan fingerprint density at radius 2 is 1.27 bits per heavy atom. The van der Waals surface area contributed by atoms with Crippen molar-refractivity contribution in [3.63, 3.8) is 0 Å². The number of hydrogen-bond acceptors (Lipinski definition) is 8. The number of carbonyl (C=O) groups is 6. The summed E-state index contributed by atoms with van der Waals surface area (Å²) in [5.74, 6) is -4.02. The van der Waals surface area contributed by atoms with E-state index < -0.39 is 59.7 Å². The third-order valence-electron chi connectivity index (χ3n) is 10.6. The largest absolute Gasteiger partial charge is 0.481 e. The van der Waals surface area contributed by atoms with E-state index in [4.69, 9.17) is 16.6 Å². The van der Waals surface area contributed by atoms with Gasteiger partial charge in [-0.25, -0.2) is 0 Å². The normalized spacial score (nSPS) is 13.7. The van der Waals surface area contributed by atoms with Crippen molar-refractivity contribution in [1.29, 1.82) is 0 Å². The second-order valence-corrected chi connectivity index (χ2v) is 16.1. The lowest BCUT2D eigenvalue weighted by Crippen LogP contribution is -2.59. The quantitative estimate of drug-likeness (QED) is 0.0442. The molecule has 11 N–H and O–H groups in total. The Balaban J connectivity index is 1.42. The van der Waals surface area contributed by atoms with Crippen LogP contribution in [0.25, 0.3) is 21.7 Å². The average Bonchev–Trinajstić information content (AvgIpc) is 3.65. The van der Waals surface area contributed by atoms with Crippen molar-refractivity contribution in [1.82, 2.24) is 31.6 Å². The second-order valence-electron chi connectivity index (χ2n) is 16.1. The van der Waals surface area contributed by atoms with Gasteiger partial charge in [-0.1, -0.05) is 105 Å². The Bertz CT molecular complexity index is 2310. The van der Waals surface area contributed by atoms with Gasteiger partial charge in [0.1, 0.15) is 18.1 Å². The number of nitrogens with two attached hydrogens (primary N) is 2. The Hall–Kier alpha value is -6.58. The van der Waals surface area contributed by atoms with Gasteiger partial charge in [0.05, 0.1) is 12.5 Å². The lowest BCUT2D eigenvalue weighted by molar-refractivity contribution is -0.137. The standard InChI is InChI=1S/C47H58N8O7/c1-29(2)22-35(48)28-52-39(25-31-16-17-32-12-6-7-13-33(32)23-31)46(61)53-38(18-19-42(49)56)45(60)55-41(26-34-27-51-37-15-9-8-14-36(34)37)47(62)54-40(24-30-10-4-3-5-11-30)44(59)50-21-20-43(57)58/h3-17,23,27,29,35,38-41,51-52H,18-22,24-26,28,48H2,1-2H3,(H2,49,56)(H,50,59)(H,53,61)(H,54,62)(H,55,60)(H,57,58)/t35-,38-,39-,40-,41-/m0/s1. The van der Waals surface area contributed by atoms with Crippen LogP contribution in [0.1, 0.15) is 56.2 Å². The predicted molar refractivity (Wildman–Crippen MR) is 239 cm³/mol. The maximum absolute atomic E-state index is 14.4. The van der Waals surface area contributed by atoms with Gasteiger partial charge in [-0.2, -0.15) is 0 Å². The van der Waals surface area contributed by atoms with Gasteiger partial charge < -0.3 is 48.1 Å². The third-order valence-corrected chi connectivity index (χ3v) is 10.6. The van der Waals surface area contributed by atoms with Crippen molar-refractivity contribution < 1.29 is 33.9 Å². The topological polar surface area (TPSA) is 251 Å². The summed E-state index contributed by atoms with van der Waals surface area (Å²) >= 11 is 0. The zero-order chi connectivity index (χ0) is 44.6. The van der Waals surface area contributed by atoms with E-state index >= 15 is 0 Å². The molecule has 0 saturated heterocycles. The van der Waals surface area contributed by atoms with Gasteiger partial charge in [-0.3, -0.25) is 28.8 Å². The van der Waals surface area contributed by atoms with Gasteiger partial charge in [-0.05, 0) is 58.7 Å². The Kier molecular flexibility index (Phi) is 17.1. The van der Waals surface area contributed by atoms with E-state index in [1.165, 1.54) is 0 Å². The number of rotatable bonds is 24. The molecule has 0 unspecified atom stereocenters. The minimum atomic E-state index is -1.29. The van der Waals surface area contributed by atoms with Gasteiger partial charge in [-0.15, -0.1) is 0 Å². The molecule has 0 aliphatic carbocycles. The average molecular weight is 847 g/mol. The Morgan fingerprint density at radius 1 is 0.661 bits per heavy atom. The third kappa shape index (κ3) is 14.3. The first-order chi connectivity index (χ1) is 29.7. The van der Waals surface area contributed by atoms with E-state index in [-0.39, 0.29) is 51.1 Å². The number of H-pyrrole nitrogens is 1. The molecule has 5 rings (SSSR count).